The maximum atomic E-state index is 4.91. The van der Waals surface area contributed by atoms with Gasteiger partial charge in [-0.1, -0.05) is 0 Å². The molecule has 2 aromatic heterocycles. The van der Waals surface area contributed by atoms with E-state index in [0.717, 1.165) is 16.9 Å². The van der Waals surface area contributed by atoms with Crippen molar-refractivity contribution in [3.63, 3.8) is 0 Å². The molecule has 0 bridgehead atoms. The Morgan fingerprint density at radius 3 is 3.00 bits per heavy atom. The van der Waals surface area contributed by atoms with E-state index in [1.807, 2.05) is 19.1 Å². The molecular formula is C7H7N3S. The first-order valence-corrected chi connectivity index (χ1v) is 3.72. The van der Waals surface area contributed by atoms with Crippen molar-refractivity contribution in [1.82, 2.24) is 15.0 Å². The number of nitrogens with zero attached hydrogens (tertiary/aromatic N) is 1. The van der Waals surface area contributed by atoms with Crippen LogP contribution in [0.15, 0.2) is 12.1 Å². The number of H-pyrrole nitrogens is 2. The minimum absolute atomic E-state index is 0.623. The lowest BCUT2D eigenvalue weighted by molar-refractivity contribution is 1.21. The highest BCUT2D eigenvalue weighted by atomic mass is 32.1. The Morgan fingerprint density at radius 2 is 2.18 bits per heavy atom. The Labute approximate surface area is 68.5 Å². The van der Waals surface area contributed by atoms with Crippen molar-refractivity contribution in [3.05, 3.63) is 22.6 Å². The SMILES string of the molecule is Cc1ccc2[nH]c(=S)[nH]c2n1. The molecule has 0 aromatic carbocycles. The van der Waals surface area contributed by atoms with Crippen molar-refractivity contribution >= 4 is 23.4 Å². The van der Waals surface area contributed by atoms with Crippen molar-refractivity contribution in [2.24, 2.45) is 0 Å². The standard InChI is InChI=1S/C7H7N3S/c1-4-2-3-5-6(8-4)10-7(11)9-5/h2-3H,1H3,(H2,8,9,10,11). The van der Waals surface area contributed by atoms with E-state index >= 15 is 0 Å². The van der Waals surface area contributed by atoms with Gasteiger partial charge >= 0.3 is 0 Å². The third-order valence-electron chi connectivity index (χ3n) is 1.51. The molecular weight excluding hydrogens is 158 g/mol. The molecule has 0 atom stereocenters. The van der Waals surface area contributed by atoms with Crippen molar-refractivity contribution < 1.29 is 0 Å². The van der Waals surface area contributed by atoms with Gasteiger partial charge in [-0.05, 0) is 31.3 Å². The predicted octanol–water partition coefficient (Wildman–Crippen LogP) is 1.93. The van der Waals surface area contributed by atoms with E-state index in [1.165, 1.54) is 0 Å². The first-order chi connectivity index (χ1) is 5.25. The minimum Gasteiger partial charge on any atom is -0.329 e. The van der Waals surface area contributed by atoms with Crippen molar-refractivity contribution in [1.29, 1.82) is 0 Å². The number of rotatable bonds is 0. The van der Waals surface area contributed by atoms with Gasteiger partial charge in [-0.2, -0.15) is 0 Å². The molecule has 0 spiro atoms. The summed E-state index contributed by atoms with van der Waals surface area (Å²) < 4.78 is 0.623. The number of aryl methyl sites for hydroxylation is 1. The van der Waals surface area contributed by atoms with E-state index in [1.54, 1.807) is 0 Å². The summed E-state index contributed by atoms with van der Waals surface area (Å²) in [6.07, 6.45) is 0. The first kappa shape index (κ1) is 6.54. The van der Waals surface area contributed by atoms with Gasteiger partial charge in [-0.15, -0.1) is 0 Å². The number of aromatic nitrogens is 3. The first-order valence-electron chi connectivity index (χ1n) is 3.31. The summed E-state index contributed by atoms with van der Waals surface area (Å²) in [6.45, 7) is 1.95. The van der Waals surface area contributed by atoms with Gasteiger partial charge in [0.05, 0.1) is 5.52 Å². The lowest BCUT2D eigenvalue weighted by atomic mass is 10.4. The van der Waals surface area contributed by atoms with E-state index in [4.69, 9.17) is 12.2 Å². The van der Waals surface area contributed by atoms with Crippen LogP contribution in [0.2, 0.25) is 0 Å². The van der Waals surface area contributed by atoms with Gasteiger partial charge in [0.2, 0.25) is 0 Å². The van der Waals surface area contributed by atoms with Crippen molar-refractivity contribution in [2.75, 3.05) is 0 Å². The average molecular weight is 165 g/mol. The van der Waals surface area contributed by atoms with Crippen molar-refractivity contribution in [2.45, 2.75) is 6.92 Å². The van der Waals surface area contributed by atoms with Crippen LogP contribution in [0.25, 0.3) is 11.2 Å². The molecule has 0 radical (unpaired) electrons. The molecule has 0 saturated carbocycles. The van der Waals surface area contributed by atoms with Crippen LogP contribution in [-0.4, -0.2) is 15.0 Å². The molecule has 0 aliphatic heterocycles. The van der Waals surface area contributed by atoms with Crippen LogP contribution in [0.4, 0.5) is 0 Å². The lowest BCUT2D eigenvalue weighted by Crippen LogP contribution is -1.80. The second kappa shape index (κ2) is 2.17. The summed E-state index contributed by atoms with van der Waals surface area (Å²) >= 11 is 4.91. The summed E-state index contributed by atoms with van der Waals surface area (Å²) in [7, 11) is 0. The molecule has 11 heavy (non-hydrogen) atoms. The smallest absolute Gasteiger partial charge is 0.176 e. The Balaban J connectivity index is 2.92. The molecule has 2 heterocycles. The third kappa shape index (κ3) is 1.05. The maximum Gasteiger partial charge on any atom is 0.176 e. The Hall–Kier alpha value is -1.16. The highest BCUT2D eigenvalue weighted by molar-refractivity contribution is 7.71. The van der Waals surface area contributed by atoms with E-state index in [2.05, 4.69) is 15.0 Å². The van der Waals surface area contributed by atoms with Gasteiger partial charge < -0.3 is 9.97 Å². The largest absolute Gasteiger partial charge is 0.329 e. The molecule has 0 saturated heterocycles. The summed E-state index contributed by atoms with van der Waals surface area (Å²) in [5, 5.41) is 0. The van der Waals surface area contributed by atoms with Crippen LogP contribution in [-0.2, 0) is 0 Å². The van der Waals surface area contributed by atoms with E-state index in [-0.39, 0.29) is 0 Å². The predicted molar refractivity (Wildman–Crippen MR) is 46.0 cm³/mol. The Morgan fingerprint density at radius 1 is 1.36 bits per heavy atom. The van der Waals surface area contributed by atoms with Crippen LogP contribution in [0, 0.1) is 11.7 Å². The van der Waals surface area contributed by atoms with Crippen LogP contribution in [0.3, 0.4) is 0 Å². The molecule has 4 heteroatoms. The zero-order valence-electron chi connectivity index (χ0n) is 6.01. The maximum absolute atomic E-state index is 4.91. The summed E-state index contributed by atoms with van der Waals surface area (Å²) in [5.41, 5.74) is 2.78. The lowest BCUT2D eigenvalue weighted by Gasteiger charge is -1.88. The molecule has 0 amide bonds. The van der Waals surface area contributed by atoms with E-state index in [9.17, 15) is 0 Å². The summed E-state index contributed by atoms with van der Waals surface area (Å²) in [5.74, 6) is 0. The monoisotopic (exact) mass is 165 g/mol. The number of fused-ring (bicyclic) bond motifs is 1. The second-order valence-corrected chi connectivity index (χ2v) is 2.84. The number of nitrogens with one attached hydrogen (secondary N) is 2. The summed E-state index contributed by atoms with van der Waals surface area (Å²) in [6, 6.07) is 3.91. The normalized spacial score (nSPS) is 10.6. The van der Waals surface area contributed by atoms with Crippen LogP contribution in [0.1, 0.15) is 5.69 Å². The molecule has 2 rings (SSSR count). The minimum atomic E-state index is 0.623. The van der Waals surface area contributed by atoms with Gasteiger partial charge in [0.15, 0.2) is 10.4 Å². The Bertz CT molecular complexity index is 440. The zero-order valence-corrected chi connectivity index (χ0v) is 6.83. The fraction of sp³-hybridized carbons (Fsp3) is 0.143. The van der Waals surface area contributed by atoms with Crippen molar-refractivity contribution in [3.8, 4) is 0 Å². The van der Waals surface area contributed by atoms with Gasteiger partial charge in [-0.3, -0.25) is 0 Å². The summed E-state index contributed by atoms with van der Waals surface area (Å²) in [4.78, 5) is 10.2. The van der Waals surface area contributed by atoms with E-state index < -0.39 is 0 Å². The number of pyridine rings is 1. The number of imidazole rings is 1. The fourth-order valence-electron chi connectivity index (χ4n) is 1.01. The van der Waals surface area contributed by atoms with Crippen LogP contribution >= 0.6 is 12.2 Å². The highest BCUT2D eigenvalue weighted by Crippen LogP contribution is 2.06. The number of aromatic amines is 2. The van der Waals surface area contributed by atoms with E-state index in [0.29, 0.717) is 4.77 Å². The number of hydrogen-bond donors (Lipinski definition) is 2. The molecule has 2 aromatic rings. The molecule has 0 aliphatic rings. The zero-order chi connectivity index (χ0) is 7.84. The van der Waals surface area contributed by atoms with Crippen LogP contribution < -0.4 is 0 Å². The average Bonchev–Trinajstić information content (AvgIpc) is 2.27. The van der Waals surface area contributed by atoms with Gasteiger partial charge in [0.25, 0.3) is 0 Å². The van der Waals surface area contributed by atoms with Gasteiger partial charge in [0, 0.05) is 5.69 Å². The topological polar surface area (TPSA) is 44.5 Å². The second-order valence-electron chi connectivity index (χ2n) is 2.43. The molecule has 0 unspecified atom stereocenters. The fourth-order valence-corrected chi connectivity index (χ4v) is 1.22. The third-order valence-corrected chi connectivity index (χ3v) is 1.72. The molecule has 3 nitrogen and oxygen atoms in total. The molecule has 0 aliphatic carbocycles. The molecule has 2 N–H and O–H groups in total. The molecule has 0 fully saturated rings. The van der Waals surface area contributed by atoms with Gasteiger partial charge in [0.1, 0.15) is 0 Å². The highest BCUT2D eigenvalue weighted by Gasteiger charge is 1.95. The number of hydrogen-bond acceptors (Lipinski definition) is 2. The van der Waals surface area contributed by atoms with Crippen LogP contribution in [0.5, 0.6) is 0 Å². The molecule has 56 valence electrons. The quantitative estimate of drug-likeness (QED) is 0.586. The van der Waals surface area contributed by atoms with Gasteiger partial charge in [-0.25, -0.2) is 4.98 Å². The Kier molecular flexibility index (Phi) is 1.29.